The first-order valence-electron chi connectivity index (χ1n) is 7.94. The smallest absolute Gasteiger partial charge is 0.255 e. The van der Waals surface area contributed by atoms with Crippen LogP contribution < -0.4 is 5.56 Å². The van der Waals surface area contributed by atoms with Gasteiger partial charge in [-0.15, -0.1) is 0 Å². The molecule has 1 amide bonds. The number of aryl methyl sites for hydroxylation is 1. The maximum Gasteiger partial charge on any atom is 0.255 e. The minimum atomic E-state index is -0.143. The van der Waals surface area contributed by atoms with E-state index in [1.807, 2.05) is 0 Å². The lowest BCUT2D eigenvalue weighted by atomic mass is 10.2. The van der Waals surface area contributed by atoms with E-state index in [9.17, 15) is 9.59 Å². The fourth-order valence-corrected chi connectivity index (χ4v) is 3.04. The normalized spacial score (nSPS) is 20.9. The second kappa shape index (κ2) is 5.33. The quantitative estimate of drug-likeness (QED) is 0.860. The standard InChI is InChI=1S/C16H18N4O3/c1-19-9-11(6-7-13(19)21)16(22)20-8-2-3-12(20)14-17-15(23-18-14)10-4-5-10/h6-7,9-10,12H,2-5,8H2,1H3/t12-/m1/s1. The number of carbonyl (C=O) groups is 1. The van der Waals surface area contributed by atoms with Crippen LogP contribution in [-0.4, -0.2) is 32.1 Å². The van der Waals surface area contributed by atoms with Crippen LogP contribution in [0.2, 0.25) is 0 Å². The van der Waals surface area contributed by atoms with Crippen LogP contribution in [0.25, 0.3) is 0 Å². The summed E-state index contributed by atoms with van der Waals surface area (Å²) in [4.78, 5) is 30.5. The largest absolute Gasteiger partial charge is 0.339 e. The van der Waals surface area contributed by atoms with Crippen LogP contribution in [0.3, 0.4) is 0 Å². The maximum atomic E-state index is 12.8. The average molecular weight is 314 g/mol. The molecule has 7 heteroatoms. The van der Waals surface area contributed by atoms with Crippen molar-refractivity contribution in [3.63, 3.8) is 0 Å². The molecule has 23 heavy (non-hydrogen) atoms. The lowest BCUT2D eigenvalue weighted by molar-refractivity contribution is 0.0727. The SMILES string of the molecule is Cn1cc(C(=O)N2CCC[C@@H]2c2noc(C3CC3)n2)ccc1=O. The molecule has 0 aromatic carbocycles. The van der Waals surface area contributed by atoms with Gasteiger partial charge in [0.2, 0.25) is 11.4 Å². The van der Waals surface area contributed by atoms with Gasteiger partial charge in [-0.3, -0.25) is 9.59 Å². The molecule has 1 aliphatic carbocycles. The van der Waals surface area contributed by atoms with Gasteiger partial charge in [-0.05, 0) is 31.7 Å². The van der Waals surface area contributed by atoms with Crippen molar-refractivity contribution in [3.8, 4) is 0 Å². The molecule has 0 radical (unpaired) electrons. The van der Waals surface area contributed by atoms with E-state index in [1.165, 1.54) is 10.6 Å². The van der Waals surface area contributed by atoms with Gasteiger partial charge in [0.25, 0.3) is 5.91 Å². The number of likely N-dealkylation sites (tertiary alicyclic amines) is 1. The molecule has 0 spiro atoms. The molecule has 120 valence electrons. The number of nitrogens with zero attached hydrogens (tertiary/aromatic N) is 4. The van der Waals surface area contributed by atoms with Crippen LogP contribution in [0.1, 0.15) is 59.7 Å². The number of pyridine rings is 1. The van der Waals surface area contributed by atoms with Crippen LogP contribution in [0.5, 0.6) is 0 Å². The fourth-order valence-electron chi connectivity index (χ4n) is 3.04. The van der Waals surface area contributed by atoms with Gasteiger partial charge in [0.1, 0.15) is 0 Å². The lowest BCUT2D eigenvalue weighted by Crippen LogP contribution is -2.32. The summed E-state index contributed by atoms with van der Waals surface area (Å²) in [6, 6.07) is 2.85. The third-order valence-corrected chi connectivity index (χ3v) is 4.53. The molecule has 4 rings (SSSR count). The van der Waals surface area contributed by atoms with Crippen molar-refractivity contribution in [1.82, 2.24) is 19.6 Å². The molecule has 0 N–H and O–H groups in total. The van der Waals surface area contributed by atoms with Crippen LogP contribution in [0.4, 0.5) is 0 Å². The molecule has 2 fully saturated rings. The Labute approximate surface area is 132 Å². The number of hydrogen-bond donors (Lipinski definition) is 0. The minimum absolute atomic E-state index is 0.0964. The van der Waals surface area contributed by atoms with E-state index in [4.69, 9.17) is 4.52 Å². The van der Waals surface area contributed by atoms with Crippen LogP contribution >= 0.6 is 0 Å². The van der Waals surface area contributed by atoms with Crippen LogP contribution in [-0.2, 0) is 7.05 Å². The van der Waals surface area contributed by atoms with Crippen LogP contribution in [0, 0.1) is 0 Å². The van der Waals surface area contributed by atoms with Crippen molar-refractivity contribution in [3.05, 3.63) is 46.0 Å². The second-order valence-corrected chi connectivity index (χ2v) is 6.29. The van der Waals surface area contributed by atoms with E-state index in [0.717, 1.165) is 25.7 Å². The zero-order chi connectivity index (χ0) is 16.0. The zero-order valence-electron chi connectivity index (χ0n) is 12.9. The highest BCUT2D eigenvalue weighted by Crippen LogP contribution is 2.40. The van der Waals surface area contributed by atoms with E-state index in [0.29, 0.717) is 29.7 Å². The third-order valence-electron chi connectivity index (χ3n) is 4.53. The predicted octanol–water partition coefficient (Wildman–Crippen LogP) is 1.62. The topological polar surface area (TPSA) is 81.2 Å². The molecule has 1 saturated heterocycles. The van der Waals surface area contributed by atoms with Gasteiger partial charge < -0.3 is 14.0 Å². The second-order valence-electron chi connectivity index (χ2n) is 6.29. The van der Waals surface area contributed by atoms with Gasteiger partial charge in [0, 0.05) is 31.8 Å². The number of rotatable bonds is 3. The van der Waals surface area contributed by atoms with Crippen LogP contribution in [0.15, 0.2) is 27.6 Å². The first kappa shape index (κ1) is 14.2. The van der Waals surface area contributed by atoms with Gasteiger partial charge >= 0.3 is 0 Å². The van der Waals surface area contributed by atoms with E-state index >= 15 is 0 Å². The summed E-state index contributed by atoms with van der Waals surface area (Å²) in [6.07, 6.45) is 5.53. The Bertz CT molecular complexity index is 806. The van der Waals surface area contributed by atoms with Gasteiger partial charge in [0.15, 0.2) is 5.82 Å². The van der Waals surface area contributed by atoms with Gasteiger partial charge in [-0.2, -0.15) is 4.98 Å². The van der Waals surface area contributed by atoms with E-state index < -0.39 is 0 Å². The highest BCUT2D eigenvalue weighted by atomic mass is 16.5. The molecular weight excluding hydrogens is 296 g/mol. The molecule has 1 saturated carbocycles. The Balaban J connectivity index is 1.59. The predicted molar refractivity (Wildman–Crippen MR) is 81.0 cm³/mol. The Morgan fingerprint density at radius 1 is 1.30 bits per heavy atom. The molecule has 1 aliphatic heterocycles. The van der Waals surface area contributed by atoms with Crippen molar-refractivity contribution in [2.75, 3.05) is 6.54 Å². The van der Waals surface area contributed by atoms with E-state index in [-0.39, 0.29) is 17.5 Å². The van der Waals surface area contributed by atoms with Crippen molar-refractivity contribution < 1.29 is 9.32 Å². The van der Waals surface area contributed by atoms with Crippen molar-refractivity contribution in [1.29, 1.82) is 0 Å². The summed E-state index contributed by atoms with van der Waals surface area (Å²) in [5.41, 5.74) is 0.372. The molecule has 2 aromatic rings. The average Bonchev–Trinajstić information content (AvgIpc) is 3.09. The van der Waals surface area contributed by atoms with E-state index in [1.54, 1.807) is 24.2 Å². The molecule has 1 atom stereocenters. The fraction of sp³-hybridized carbons (Fsp3) is 0.500. The summed E-state index contributed by atoms with van der Waals surface area (Å²) in [7, 11) is 1.64. The van der Waals surface area contributed by atoms with E-state index in [2.05, 4.69) is 10.1 Å². The zero-order valence-corrected chi connectivity index (χ0v) is 12.9. The summed E-state index contributed by atoms with van der Waals surface area (Å²) in [5.74, 6) is 1.61. The Hall–Kier alpha value is -2.44. The Kier molecular flexibility index (Phi) is 3.28. The summed E-state index contributed by atoms with van der Waals surface area (Å²) in [5, 5.41) is 4.08. The molecule has 3 heterocycles. The summed E-state index contributed by atoms with van der Waals surface area (Å²) >= 11 is 0. The van der Waals surface area contributed by atoms with Crippen molar-refractivity contribution >= 4 is 5.91 Å². The lowest BCUT2D eigenvalue weighted by Gasteiger charge is -2.22. The number of hydrogen-bond acceptors (Lipinski definition) is 5. The van der Waals surface area contributed by atoms with Gasteiger partial charge in [0.05, 0.1) is 11.6 Å². The van der Waals surface area contributed by atoms with Crippen molar-refractivity contribution in [2.24, 2.45) is 7.05 Å². The minimum Gasteiger partial charge on any atom is -0.339 e. The molecule has 7 nitrogen and oxygen atoms in total. The molecule has 2 aromatic heterocycles. The highest BCUT2D eigenvalue weighted by molar-refractivity contribution is 5.94. The molecule has 0 unspecified atom stereocenters. The third kappa shape index (κ3) is 2.56. The highest BCUT2D eigenvalue weighted by Gasteiger charge is 2.36. The van der Waals surface area contributed by atoms with Crippen molar-refractivity contribution in [2.45, 2.75) is 37.6 Å². The number of carbonyl (C=O) groups excluding carboxylic acids is 1. The first-order valence-corrected chi connectivity index (χ1v) is 7.94. The monoisotopic (exact) mass is 314 g/mol. The van der Waals surface area contributed by atoms with Gasteiger partial charge in [-0.1, -0.05) is 5.16 Å². The Morgan fingerprint density at radius 2 is 2.13 bits per heavy atom. The van der Waals surface area contributed by atoms with Gasteiger partial charge in [-0.25, -0.2) is 0 Å². The first-order chi connectivity index (χ1) is 11.1. The molecule has 0 bridgehead atoms. The number of amides is 1. The summed E-state index contributed by atoms with van der Waals surface area (Å²) < 4.78 is 6.74. The Morgan fingerprint density at radius 3 is 2.87 bits per heavy atom. The maximum absolute atomic E-state index is 12.8. The molecular formula is C16H18N4O3. The summed E-state index contributed by atoms with van der Waals surface area (Å²) in [6.45, 7) is 0.666. The molecule has 2 aliphatic rings. The number of aromatic nitrogens is 3.